The van der Waals surface area contributed by atoms with Crippen LogP contribution in [0.4, 0.5) is 5.69 Å². The predicted molar refractivity (Wildman–Crippen MR) is 106 cm³/mol. The number of methoxy groups -OCH3 is 1. The van der Waals surface area contributed by atoms with E-state index in [4.69, 9.17) is 20.8 Å². The molecule has 3 aromatic rings. The van der Waals surface area contributed by atoms with Crippen LogP contribution in [0.1, 0.15) is 5.76 Å². The fourth-order valence-electron chi connectivity index (χ4n) is 2.39. The van der Waals surface area contributed by atoms with Crippen molar-refractivity contribution < 1.29 is 13.9 Å². The number of nitrogens with one attached hydrogen (secondary N) is 2. The van der Waals surface area contributed by atoms with Crippen LogP contribution in [0.2, 0.25) is 5.02 Å². The number of halogens is 1. The van der Waals surface area contributed by atoms with Crippen molar-refractivity contribution in [3.05, 3.63) is 71.4 Å². The van der Waals surface area contributed by atoms with Gasteiger partial charge in [0, 0.05) is 10.6 Å². The molecule has 2 aromatic carbocycles. The van der Waals surface area contributed by atoms with Crippen LogP contribution < -0.4 is 15.5 Å². The topological polar surface area (TPSA) is 75.9 Å². The van der Waals surface area contributed by atoms with Gasteiger partial charge in [-0.15, -0.1) is 0 Å². The first-order valence-electron chi connectivity index (χ1n) is 8.20. The van der Waals surface area contributed by atoms with E-state index < -0.39 is 0 Å². The van der Waals surface area contributed by atoms with Crippen molar-refractivity contribution in [1.82, 2.24) is 5.43 Å². The van der Waals surface area contributed by atoms with Gasteiger partial charge in [-0.25, -0.2) is 5.43 Å². The Balaban J connectivity index is 1.52. The lowest BCUT2D eigenvalue weighted by molar-refractivity contribution is -0.119. The minimum Gasteiger partial charge on any atom is -0.495 e. The van der Waals surface area contributed by atoms with Gasteiger partial charge in [0.2, 0.25) is 0 Å². The molecule has 0 atom stereocenters. The summed E-state index contributed by atoms with van der Waals surface area (Å²) in [6.07, 6.45) is 1.44. The van der Waals surface area contributed by atoms with Crippen molar-refractivity contribution >= 4 is 29.4 Å². The molecule has 0 unspecified atom stereocenters. The summed E-state index contributed by atoms with van der Waals surface area (Å²) in [7, 11) is 1.58. The maximum Gasteiger partial charge on any atom is 0.259 e. The normalized spacial score (nSPS) is 10.7. The number of anilines is 1. The number of furan rings is 1. The Labute approximate surface area is 161 Å². The molecule has 138 valence electrons. The molecule has 6 nitrogen and oxygen atoms in total. The summed E-state index contributed by atoms with van der Waals surface area (Å²) >= 11 is 5.98. The van der Waals surface area contributed by atoms with Crippen molar-refractivity contribution in [2.45, 2.75) is 0 Å². The van der Waals surface area contributed by atoms with Crippen LogP contribution in [0, 0.1) is 0 Å². The van der Waals surface area contributed by atoms with E-state index in [1.807, 2.05) is 48.5 Å². The van der Waals surface area contributed by atoms with Gasteiger partial charge in [0.25, 0.3) is 5.91 Å². The van der Waals surface area contributed by atoms with E-state index in [1.54, 1.807) is 19.2 Å². The largest absolute Gasteiger partial charge is 0.495 e. The number of carbonyl (C=O) groups is 1. The number of amides is 1. The lowest BCUT2D eigenvalue weighted by Gasteiger charge is -2.09. The van der Waals surface area contributed by atoms with Gasteiger partial charge in [-0.3, -0.25) is 4.79 Å². The smallest absolute Gasteiger partial charge is 0.259 e. The molecule has 0 fully saturated rings. The quantitative estimate of drug-likeness (QED) is 0.474. The maximum atomic E-state index is 11.9. The summed E-state index contributed by atoms with van der Waals surface area (Å²) in [5.41, 5.74) is 4.04. The standard InChI is InChI=1S/C20H18ClN3O3/c1-26-19-8-3-2-7-17(19)22-13-20(25)24-23-12-16-9-10-18(27-16)14-5-4-6-15(21)11-14/h2-12,22H,13H2,1H3,(H,24,25)/b23-12+. The molecule has 2 N–H and O–H groups in total. The number of hydrazone groups is 1. The molecule has 0 saturated carbocycles. The Morgan fingerprint density at radius 2 is 2.04 bits per heavy atom. The second-order valence-electron chi connectivity index (χ2n) is 5.56. The zero-order chi connectivity index (χ0) is 19.1. The minimum absolute atomic E-state index is 0.0592. The van der Waals surface area contributed by atoms with Gasteiger partial charge in [-0.05, 0) is 36.4 Å². The Hall–Kier alpha value is -3.25. The fourth-order valence-corrected chi connectivity index (χ4v) is 2.58. The van der Waals surface area contributed by atoms with E-state index in [0.29, 0.717) is 22.3 Å². The van der Waals surface area contributed by atoms with Crippen LogP contribution in [0.3, 0.4) is 0 Å². The number of nitrogens with zero attached hydrogens (tertiary/aromatic N) is 1. The van der Waals surface area contributed by atoms with E-state index in [-0.39, 0.29) is 12.5 Å². The summed E-state index contributed by atoms with van der Waals surface area (Å²) in [4.78, 5) is 11.9. The predicted octanol–water partition coefficient (Wildman–Crippen LogP) is 4.17. The highest BCUT2D eigenvalue weighted by Crippen LogP contribution is 2.24. The summed E-state index contributed by atoms with van der Waals surface area (Å²) in [6, 6.07) is 18.3. The number of benzene rings is 2. The third-order valence-electron chi connectivity index (χ3n) is 3.66. The highest BCUT2D eigenvalue weighted by molar-refractivity contribution is 6.30. The average molecular weight is 384 g/mol. The molecule has 0 aliphatic rings. The van der Waals surface area contributed by atoms with Gasteiger partial charge < -0.3 is 14.5 Å². The molecule has 3 rings (SSSR count). The van der Waals surface area contributed by atoms with E-state index in [0.717, 1.165) is 11.3 Å². The summed E-state index contributed by atoms with van der Waals surface area (Å²) in [5, 5.41) is 7.54. The lowest BCUT2D eigenvalue weighted by atomic mass is 10.2. The summed E-state index contributed by atoms with van der Waals surface area (Å²) in [5.74, 6) is 1.56. The van der Waals surface area contributed by atoms with Crippen molar-refractivity contribution in [3.63, 3.8) is 0 Å². The zero-order valence-corrected chi connectivity index (χ0v) is 15.4. The van der Waals surface area contributed by atoms with Crippen LogP contribution in [0.5, 0.6) is 5.75 Å². The number of ether oxygens (including phenoxy) is 1. The van der Waals surface area contributed by atoms with Gasteiger partial charge in [-0.1, -0.05) is 35.9 Å². The van der Waals surface area contributed by atoms with E-state index >= 15 is 0 Å². The molecule has 0 aliphatic heterocycles. The Kier molecular flexibility index (Phi) is 6.12. The van der Waals surface area contributed by atoms with Crippen molar-refractivity contribution in [2.75, 3.05) is 19.0 Å². The van der Waals surface area contributed by atoms with E-state index in [2.05, 4.69) is 15.8 Å². The molecule has 1 heterocycles. The molecule has 1 amide bonds. The first kappa shape index (κ1) is 18.5. The number of rotatable bonds is 7. The molecule has 0 spiro atoms. The van der Waals surface area contributed by atoms with Crippen LogP contribution in [0.15, 0.2) is 70.2 Å². The highest BCUT2D eigenvalue weighted by Gasteiger charge is 2.05. The molecule has 27 heavy (non-hydrogen) atoms. The Morgan fingerprint density at radius 3 is 2.85 bits per heavy atom. The van der Waals surface area contributed by atoms with Crippen LogP contribution in [0.25, 0.3) is 11.3 Å². The van der Waals surface area contributed by atoms with Crippen LogP contribution >= 0.6 is 11.6 Å². The second kappa shape index (κ2) is 8.91. The molecule has 7 heteroatoms. The Morgan fingerprint density at radius 1 is 1.19 bits per heavy atom. The highest BCUT2D eigenvalue weighted by atomic mass is 35.5. The third kappa shape index (κ3) is 5.12. The summed E-state index contributed by atoms with van der Waals surface area (Å²) in [6.45, 7) is 0.0592. The first-order valence-corrected chi connectivity index (χ1v) is 8.58. The van der Waals surface area contributed by atoms with Gasteiger partial charge in [-0.2, -0.15) is 5.10 Å². The van der Waals surface area contributed by atoms with Gasteiger partial charge >= 0.3 is 0 Å². The molecule has 1 aromatic heterocycles. The average Bonchev–Trinajstić information content (AvgIpc) is 3.15. The SMILES string of the molecule is COc1ccccc1NCC(=O)N/N=C/c1ccc(-c2cccc(Cl)c2)o1. The van der Waals surface area contributed by atoms with Crippen LogP contribution in [-0.2, 0) is 4.79 Å². The maximum absolute atomic E-state index is 11.9. The monoisotopic (exact) mass is 383 g/mol. The van der Waals surface area contributed by atoms with Crippen LogP contribution in [-0.4, -0.2) is 25.8 Å². The fraction of sp³-hybridized carbons (Fsp3) is 0.100. The Bertz CT molecular complexity index is 953. The van der Waals surface area contributed by atoms with Gasteiger partial charge in [0.15, 0.2) is 0 Å². The minimum atomic E-state index is -0.293. The van der Waals surface area contributed by atoms with Crippen molar-refractivity contribution in [2.24, 2.45) is 5.10 Å². The molecular formula is C20H18ClN3O3. The van der Waals surface area contributed by atoms with Crippen molar-refractivity contribution in [3.8, 4) is 17.1 Å². The molecule has 0 aliphatic carbocycles. The van der Waals surface area contributed by atoms with Crippen molar-refractivity contribution in [1.29, 1.82) is 0 Å². The number of hydrogen-bond acceptors (Lipinski definition) is 5. The van der Waals surface area contributed by atoms with E-state index in [1.165, 1.54) is 6.21 Å². The number of hydrogen-bond donors (Lipinski definition) is 2. The molecule has 0 radical (unpaired) electrons. The lowest BCUT2D eigenvalue weighted by Crippen LogP contribution is -2.26. The molecule has 0 bridgehead atoms. The first-order chi connectivity index (χ1) is 13.2. The summed E-state index contributed by atoms with van der Waals surface area (Å²) < 4.78 is 10.9. The number of para-hydroxylation sites is 2. The molecule has 0 saturated heterocycles. The number of carbonyl (C=O) groups excluding carboxylic acids is 1. The zero-order valence-electron chi connectivity index (χ0n) is 14.6. The second-order valence-corrected chi connectivity index (χ2v) is 6.00. The third-order valence-corrected chi connectivity index (χ3v) is 3.90. The van der Waals surface area contributed by atoms with Gasteiger partial charge in [0.05, 0.1) is 25.6 Å². The molecular weight excluding hydrogens is 366 g/mol. The van der Waals surface area contributed by atoms with Gasteiger partial charge in [0.1, 0.15) is 17.3 Å². The van der Waals surface area contributed by atoms with E-state index in [9.17, 15) is 4.79 Å².